The summed E-state index contributed by atoms with van der Waals surface area (Å²) in [6.07, 6.45) is -5.22. The zero-order chi connectivity index (χ0) is 12.4. The van der Waals surface area contributed by atoms with Gasteiger partial charge in [-0.05, 0) is 6.92 Å². The van der Waals surface area contributed by atoms with Crippen LogP contribution in [0.4, 0.5) is 0 Å². The van der Waals surface area contributed by atoms with E-state index in [0.29, 0.717) is 0 Å². The van der Waals surface area contributed by atoms with Crippen molar-refractivity contribution in [3.8, 4) is 0 Å². The zero-order valence-corrected chi connectivity index (χ0v) is 8.44. The predicted octanol–water partition coefficient (Wildman–Crippen LogP) is -3.38. The molecule has 3 atom stereocenters. The van der Waals surface area contributed by atoms with Crippen molar-refractivity contribution in [1.82, 2.24) is 0 Å². The Morgan fingerprint density at radius 2 is 1.53 bits per heavy atom. The smallest absolute Gasteiger partial charge is 0.189 e. The molecule has 0 saturated heterocycles. The molecule has 0 bridgehead atoms. The number of aliphatic hydroxyl groups excluding tert-OH is 6. The van der Waals surface area contributed by atoms with E-state index in [9.17, 15) is 4.79 Å². The van der Waals surface area contributed by atoms with E-state index >= 15 is 0 Å². The highest BCUT2D eigenvalue weighted by Crippen LogP contribution is 2.00. The van der Waals surface area contributed by atoms with Crippen molar-refractivity contribution in [2.75, 3.05) is 19.8 Å². The fourth-order valence-electron chi connectivity index (χ4n) is 0.602. The second-order valence-electron chi connectivity index (χ2n) is 2.63. The monoisotopic (exact) mass is 226 g/mol. The summed E-state index contributed by atoms with van der Waals surface area (Å²) in [5.41, 5.74) is 0. The molecule has 0 spiro atoms. The first-order chi connectivity index (χ1) is 6.95. The van der Waals surface area contributed by atoms with E-state index < -0.39 is 37.3 Å². The first-order valence-corrected chi connectivity index (χ1v) is 4.35. The summed E-state index contributed by atoms with van der Waals surface area (Å²) in [5, 5.41) is 50.6. The quantitative estimate of drug-likeness (QED) is 0.287. The van der Waals surface area contributed by atoms with Crippen LogP contribution in [0.5, 0.6) is 0 Å². The molecule has 0 aliphatic rings. The number of ketones is 1. The summed E-state index contributed by atoms with van der Waals surface area (Å²) < 4.78 is 0. The van der Waals surface area contributed by atoms with E-state index in [1.807, 2.05) is 0 Å². The highest BCUT2D eigenvalue weighted by molar-refractivity contribution is 5.84. The first kappa shape index (κ1) is 16.8. The topological polar surface area (TPSA) is 138 Å². The van der Waals surface area contributed by atoms with Crippen LogP contribution >= 0.6 is 0 Å². The van der Waals surface area contributed by atoms with Gasteiger partial charge in [0.25, 0.3) is 0 Å². The van der Waals surface area contributed by atoms with Crippen LogP contribution in [0.1, 0.15) is 6.92 Å². The van der Waals surface area contributed by atoms with E-state index in [2.05, 4.69) is 0 Å². The van der Waals surface area contributed by atoms with Crippen LogP contribution in [0, 0.1) is 0 Å². The third-order valence-electron chi connectivity index (χ3n) is 1.39. The molecule has 15 heavy (non-hydrogen) atoms. The lowest BCUT2D eigenvalue weighted by Gasteiger charge is -2.19. The minimum atomic E-state index is -1.86. The Labute approximate surface area is 87.2 Å². The molecule has 0 aromatic carbocycles. The average molecular weight is 226 g/mol. The molecule has 0 aliphatic carbocycles. The lowest BCUT2D eigenvalue weighted by Crippen LogP contribution is -2.44. The van der Waals surface area contributed by atoms with Gasteiger partial charge in [0.1, 0.15) is 24.9 Å². The SMILES string of the molecule is CCO.O=C(CO)[C@@H](O)[C@H](O)[C@H](O)CO. The Kier molecular flexibility index (Phi) is 11.2. The van der Waals surface area contributed by atoms with Gasteiger partial charge in [-0.1, -0.05) is 0 Å². The number of hydrogen-bond acceptors (Lipinski definition) is 7. The van der Waals surface area contributed by atoms with Crippen molar-refractivity contribution < 1.29 is 35.4 Å². The molecule has 0 unspecified atom stereocenters. The van der Waals surface area contributed by atoms with Gasteiger partial charge in [-0.15, -0.1) is 0 Å². The molecular formula is C8H18O7. The number of aliphatic hydroxyl groups is 6. The van der Waals surface area contributed by atoms with Crippen LogP contribution < -0.4 is 0 Å². The molecule has 7 heteroatoms. The molecular weight excluding hydrogens is 208 g/mol. The van der Waals surface area contributed by atoms with Crippen LogP contribution in [0.25, 0.3) is 0 Å². The van der Waals surface area contributed by atoms with E-state index in [4.69, 9.17) is 30.6 Å². The maximum atomic E-state index is 10.5. The van der Waals surface area contributed by atoms with Crippen molar-refractivity contribution in [1.29, 1.82) is 0 Å². The summed E-state index contributed by atoms with van der Waals surface area (Å²) in [7, 11) is 0. The summed E-state index contributed by atoms with van der Waals surface area (Å²) in [6, 6.07) is 0. The third kappa shape index (κ3) is 7.37. The summed E-state index contributed by atoms with van der Waals surface area (Å²) in [4.78, 5) is 10.5. The van der Waals surface area contributed by atoms with Crippen LogP contribution in [0.2, 0.25) is 0 Å². The fraction of sp³-hybridized carbons (Fsp3) is 0.875. The van der Waals surface area contributed by atoms with Gasteiger partial charge in [-0.3, -0.25) is 4.79 Å². The second-order valence-corrected chi connectivity index (χ2v) is 2.63. The Hall–Kier alpha value is -0.570. The summed E-state index contributed by atoms with van der Waals surface area (Å²) >= 11 is 0. The maximum absolute atomic E-state index is 10.5. The molecule has 0 fully saturated rings. The Balaban J connectivity index is 0. The standard InChI is InChI=1S/C6H12O6.C2H6O/c7-1-3(9)5(11)6(12)4(10)2-8;1-2-3/h3,5-9,11-12H,1-2H2;3H,2H2,1H3/t3-,5-,6-;/m1./s1. The Morgan fingerprint density at radius 1 is 1.13 bits per heavy atom. The van der Waals surface area contributed by atoms with Crippen molar-refractivity contribution in [2.45, 2.75) is 25.2 Å². The van der Waals surface area contributed by atoms with E-state index in [1.165, 1.54) is 0 Å². The van der Waals surface area contributed by atoms with Crippen LogP contribution in [-0.2, 0) is 4.79 Å². The van der Waals surface area contributed by atoms with Gasteiger partial charge in [0.05, 0.1) is 6.61 Å². The van der Waals surface area contributed by atoms with Gasteiger partial charge in [-0.2, -0.15) is 0 Å². The number of Topliss-reactive ketones (excluding diaryl/α,β-unsaturated/α-hetero) is 1. The van der Waals surface area contributed by atoms with Crippen molar-refractivity contribution in [2.24, 2.45) is 0 Å². The number of carbonyl (C=O) groups excluding carboxylic acids is 1. The molecule has 0 aromatic heterocycles. The molecule has 7 nitrogen and oxygen atoms in total. The first-order valence-electron chi connectivity index (χ1n) is 4.35. The molecule has 6 N–H and O–H groups in total. The van der Waals surface area contributed by atoms with E-state index in [1.54, 1.807) is 6.92 Å². The highest BCUT2D eigenvalue weighted by atomic mass is 16.4. The molecule has 0 radical (unpaired) electrons. The van der Waals surface area contributed by atoms with Gasteiger partial charge < -0.3 is 30.6 Å². The minimum absolute atomic E-state index is 0.250. The van der Waals surface area contributed by atoms with Gasteiger partial charge >= 0.3 is 0 Å². The molecule has 0 rings (SSSR count). The molecule has 0 saturated carbocycles. The summed E-state index contributed by atoms with van der Waals surface area (Å²) in [5.74, 6) is -1.00. The zero-order valence-electron chi connectivity index (χ0n) is 8.44. The Morgan fingerprint density at radius 3 is 1.80 bits per heavy atom. The van der Waals surface area contributed by atoms with Crippen molar-refractivity contribution >= 4 is 5.78 Å². The highest BCUT2D eigenvalue weighted by Gasteiger charge is 2.28. The molecule has 0 aromatic rings. The molecule has 92 valence electrons. The lowest BCUT2D eigenvalue weighted by atomic mass is 10.1. The number of hydrogen-bond donors (Lipinski definition) is 6. The predicted molar refractivity (Wildman–Crippen MR) is 50.0 cm³/mol. The van der Waals surface area contributed by atoms with Crippen molar-refractivity contribution in [3.05, 3.63) is 0 Å². The Bertz CT molecular complexity index is 161. The normalized spacial score (nSPS) is 15.9. The number of rotatable bonds is 5. The lowest BCUT2D eigenvalue weighted by molar-refractivity contribution is -0.142. The molecule has 0 amide bonds. The third-order valence-corrected chi connectivity index (χ3v) is 1.39. The summed E-state index contributed by atoms with van der Waals surface area (Å²) in [6.45, 7) is 0.243. The fourth-order valence-corrected chi connectivity index (χ4v) is 0.602. The van der Waals surface area contributed by atoms with E-state index in [-0.39, 0.29) is 6.61 Å². The van der Waals surface area contributed by atoms with Crippen LogP contribution in [0.15, 0.2) is 0 Å². The van der Waals surface area contributed by atoms with Crippen LogP contribution in [-0.4, -0.2) is 74.6 Å². The number of carbonyl (C=O) groups is 1. The molecule has 0 aliphatic heterocycles. The largest absolute Gasteiger partial charge is 0.397 e. The van der Waals surface area contributed by atoms with E-state index in [0.717, 1.165) is 0 Å². The van der Waals surface area contributed by atoms with Crippen molar-refractivity contribution in [3.63, 3.8) is 0 Å². The minimum Gasteiger partial charge on any atom is -0.397 e. The second kappa shape index (κ2) is 9.97. The molecule has 0 heterocycles. The van der Waals surface area contributed by atoms with Gasteiger partial charge in [0.2, 0.25) is 0 Å². The van der Waals surface area contributed by atoms with Gasteiger partial charge in [0, 0.05) is 6.61 Å². The van der Waals surface area contributed by atoms with Gasteiger partial charge in [0.15, 0.2) is 5.78 Å². The maximum Gasteiger partial charge on any atom is 0.189 e. The average Bonchev–Trinajstić information content (AvgIpc) is 2.25. The van der Waals surface area contributed by atoms with Crippen LogP contribution in [0.3, 0.4) is 0 Å². The van der Waals surface area contributed by atoms with Gasteiger partial charge in [-0.25, -0.2) is 0 Å².